The summed E-state index contributed by atoms with van der Waals surface area (Å²) in [6.45, 7) is 1.71. The molecule has 6 heteroatoms. The zero-order valence-corrected chi connectivity index (χ0v) is 15.6. The van der Waals surface area contributed by atoms with E-state index in [4.69, 9.17) is 14.9 Å². The van der Waals surface area contributed by atoms with Crippen LogP contribution in [0.25, 0.3) is 0 Å². The monoisotopic (exact) mass is 372 g/mol. The molecule has 0 spiro atoms. The van der Waals surface area contributed by atoms with Crippen LogP contribution in [0.5, 0.6) is 0 Å². The molecule has 2 fully saturated rings. The Morgan fingerprint density at radius 1 is 1.07 bits per heavy atom. The molecule has 2 saturated heterocycles. The van der Waals surface area contributed by atoms with Crippen molar-refractivity contribution in [3.63, 3.8) is 0 Å². The van der Waals surface area contributed by atoms with Crippen LogP contribution in [-0.2, 0) is 9.47 Å². The van der Waals surface area contributed by atoms with Gasteiger partial charge in [0.2, 0.25) is 11.7 Å². The SMILES string of the molecule is CC12OC(=N)C(C#N)(C1c1ccccc1)C(C#N)(C#N)C(C1CC=CCC1)O2. The van der Waals surface area contributed by atoms with Gasteiger partial charge in [0.05, 0.1) is 30.2 Å². The molecule has 28 heavy (non-hydrogen) atoms. The molecule has 2 aliphatic heterocycles. The van der Waals surface area contributed by atoms with E-state index in [-0.39, 0.29) is 11.8 Å². The van der Waals surface area contributed by atoms with E-state index >= 15 is 0 Å². The van der Waals surface area contributed by atoms with Crippen molar-refractivity contribution in [3.05, 3.63) is 48.0 Å². The van der Waals surface area contributed by atoms with Crippen molar-refractivity contribution >= 4 is 5.90 Å². The maximum absolute atomic E-state index is 10.4. The van der Waals surface area contributed by atoms with Crippen LogP contribution in [0.3, 0.4) is 0 Å². The number of nitrogens with zero attached hydrogens (tertiary/aromatic N) is 3. The van der Waals surface area contributed by atoms with Crippen LogP contribution in [0.15, 0.2) is 42.5 Å². The Labute approximate surface area is 164 Å². The summed E-state index contributed by atoms with van der Waals surface area (Å²) in [5.41, 5.74) is -2.87. The van der Waals surface area contributed by atoms with E-state index < -0.39 is 28.6 Å². The fourth-order valence-electron chi connectivity index (χ4n) is 5.20. The van der Waals surface area contributed by atoms with Crippen LogP contribution in [0.4, 0.5) is 0 Å². The first kappa shape index (κ1) is 18.2. The van der Waals surface area contributed by atoms with Gasteiger partial charge in [0.25, 0.3) is 0 Å². The lowest BCUT2D eigenvalue weighted by molar-refractivity contribution is -0.263. The van der Waals surface area contributed by atoms with Crippen molar-refractivity contribution in [2.24, 2.45) is 16.7 Å². The molecule has 5 atom stereocenters. The Kier molecular flexibility index (Phi) is 4.03. The second-order valence-corrected chi connectivity index (χ2v) is 7.83. The van der Waals surface area contributed by atoms with Crippen molar-refractivity contribution in [3.8, 4) is 18.2 Å². The van der Waals surface area contributed by atoms with Crippen molar-refractivity contribution < 1.29 is 9.47 Å². The zero-order valence-electron chi connectivity index (χ0n) is 15.6. The molecule has 140 valence electrons. The van der Waals surface area contributed by atoms with Crippen molar-refractivity contribution in [2.75, 3.05) is 0 Å². The van der Waals surface area contributed by atoms with Gasteiger partial charge in [-0.2, -0.15) is 15.8 Å². The average Bonchev–Trinajstić information content (AvgIpc) is 2.92. The summed E-state index contributed by atoms with van der Waals surface area (Å²) in [6.07, 6.45) is 5.52. The molecule has 3 aliphatic rings. The average molecular weight is 372 g/mol. The van der Waals surface area contributed by atoms with Gasteiger partial charge in [-0.15, -0.1) is 0 Å². The van der Waals surface area contributed by atoms with E-state index in [1.807, 2.05) is 36.4 Å². The Hall–Kier alpha value is -3.14. The minimum atomic E-state index is -1.84. The van der Waals surface area contributed by atoms with Crippen LogP contribution < -0.4 is 0 Å². The number of nitriles is 3. The van der Waals surface area contributed by atoms with Crippen LogP contribution in [0, 0.1) is 56.2 Å². The largest absolute Gasteiger partial charge is 0.447 e. The van der Waals surface area contributed by atoms with Gasteiger partial charge < -0.3 is 9.47 Å². The molecule has 2 heterocycles. The molecule has 1 aromatic carbocycles. The fourth-order valence-corrected chi connectivity index (χ4v) is 5.20. The zero-order chi connectivity index (χ0) is 20.0. The molecule has 2 bridgehead atoms. The minimum Gasteiger partial charge on any atom is -0.447 e. The van der Waals surface area contributed by atoms with Crippen LogP contribution in [0.2, 0.25) is 0 Å². The molecule has 0 saturated carbocycles. The first-order valence-corrected chi connectivity index (χ1v) is 9.38. The molecular formula is C22H20N4O2. The maximum Gasteiger partial charge on any atom is 0.218 e. The van der Waals surface area contributed by atoms with E-state index in [0.717, 1.165) is 12.8 Å². The summed E-state index contributed by atoms with van der Waals surface area (Å²) in [4.78, 5) is 0. The van der Waals surface area contributed by atoms with Crippen LogP contribution >= 0.6 is 0 Å². The third-order valence-electron chi connectivity index (χ3n) is 6.43. The van der Waals surface area contributed by atoms with Gasteiger partial charge >= 0.3 is 0 Å². The highest BCUT2D eigenvalue weighted by Crippen LogP contribution is 2.67. The number of benzene rings is 1. The van der Waals surface area contributed by atoms with Crippen molar-refractivity contribution in [2.45, 2.75) is 44.0 Å². The second-order valence-electron chi connectivity index (χ2n) is 7.83. The van der Waals surface area contributed by atoms with Gasteiger partial charge in [-0.3, -0.25) is 5.41 Å². The van der Waals surface area contributed by atoms with E-state index in [0.29, 0.717) is 12.0 Å². The molecule has 4 rings (SSSR count). The Morgan fingerprint density at radius 3 is 2.36 bits per heavy atom. The molecule has 5 unspecified atom stereocenters. The number of allylic oxidation sites excluding steroid dienone is 2. The molecule has 1 aliphatic carbocycles. The first-order chi connectivity index (χ1) is 13.5. The van der Waals surface area contributed by atoms with Gasteiger partial charge in [-0.1, -0.05) is 42.5 Å². The molecule has 1 N–H and O–H groups in total. The number of hydrogen-bond donors (Lipinski definition) is 1. The standard InChI is InChI=1S/C22H20N4O2/c1-20-17(15-8-4-2-5-9-15)22(14-25,19(26)28-20)21(12-23,13-24)18(27-20)16-10-6-3-7-11-16/h2-6,8-9,16-18,26H,7,10-11H2,1H3. The third kappa shape index (κ3) is 2.06. The number of ether oxygens (including phenoxy) is 2. The van der Waals surface area contributed by atoms with E-state index in [1.165, 1.54) is 0 Å². The molecule has 0 amide bonds. The summed E-state index contributed by atoms with van der Waals surface area (Å²) in [6, 6.07) is 15.6. The van der Waals surface area contributed by atoms with E-state index in [2.05, 4.69) is 24.3 Å². The Balaban J connectivity index is 1.98. The van der Waals surface area contributed by atoms with Gasteiger partial charge in [-0.25, -0.2) is 0 Å². The minimum absolute atomic E-state index is 0.0948. The number of rotatable bonds is 2. The molecular weight excluding hydrogens is 352 g/mol. The van der Waals surface area contributed by atoms with Gasteiger partial charge in [-0.05, 0) is 30.7 Å². The predicted octanol–water partition coefficient (Wildman–Crippen LogP) is 3.79. The van der Waals surface area contributed by atoms with Crippen molar-refractivity contribution in [1.82, 2.24) is 0 Å². The maximum atomic E-state index is 10.4. The second kappa shape index (κ2) is 6.20. The highest BCUT2D eigenvalue weighted by molar-refractivity contribution is 5.90. The fraction of sp³-hybridized carbons (Fsp3) is 0.455. The number of nitrogens with one attached hydrogen (secondary N) is 1. The number of fused-ring (bicyclic) bond motifs is 2. The summed E-state index contributed by atoms with van der Waals surface area (Å²) < 4.78 is 12.2. The van der Waals surface area contributed by atoms with Crippen molar-refractivity contribution in [1.29, 1.82) is 21.2 Å². The van der Waals surface area contributed by atoms with E-state index in [9.17, 15) is 15.8 Å². The summed E-state index contributed by atoms with van der Waals surface area (Å²) >= 11 is 0. The summed E-state index contributed by atoms with van der Waals surface area (Å²) in [7, 11) is 0. The summed E-state index contributed by atoms with van der Waals surface area (Å²) in [5, 5.41) is 39.4. The summed E-state index contributed by atoms with van der Waals surface area (Å²) in [5.74, 6) is -2.50. The van der Waals surface area contributed by atoms with Gasteiger partial charge in [0, 0.05) is 6.92 Å². The van der Waals surface area contributed by atoms with Crippen LogP contribution in [-0.4, -0.2) is 17.8 Å². The highest BCUT2D eigenvalue weighted by Gasteiger charge is 2.80. The number of hydrogen-bond acceptors (Lipinski definition) is 6. The smallest absolute Gasteiger partial charge is 0.218 e. The molecule has 0 aromatic heterocycles. The molecule has 1 aromatic rings. The third-order valence-corrected chi connectivity index (χ3v) is 6.43. The van der Waals surface area contributed by atoms with Gasteiger partial charge in [0.1, 0.15) is 0 Å². The Morgan fingerprint density at radius 2 is 1.79 bits per heavy atom. The highest BCUT2D eigenvalue weighted by atomic mass is 16.7. The molecule has 0 radical (unpaired) electrons. The predicted molar refractivity (Wildman–Crippen MR) is 99.5 cm³/mol. The lowest BCUT2D eigenvalue weighted by atomic mass is 9.51. The lowest BCUT2D eigenvalue weighted by Gasteiger charge is -2.51. The normalized spacial score (nSPS) is 37.9. The van der Waals surface area contributed by atoms with Crippen LogP contribution in [0.1, 0.15) is 37.7 Å². The van der Waals surface area contributed by atoms with E-state index in [1.54, 1.807) is 6.92 Å². The van der Waals surface area contributed by atoms with Gasteiger partial charge in [0.15, 0.2) is 10.8 Å². The first-order valence-electron chi connectivity index (χ1n) is 9.38. The topological polar surface area (TPSA) is 114 Å². The lowest BCUT2D eigenvalue weighted by Crippen LogP contribution is -2.62. The quantitative estimate of drug-likeness (QED) is 0.793. The molecule has 6 nitrogen and oxygen atoms in total. The Bertz CT molecular complexity index is 953.